The summed E-state index contributed by atoms with van der Waals surface area (Å²) in [5, 5.41) is 1.48. The van der Waals surface area contributed by atoms with Crippen LogP contribution in [0.3, 0.4) is 0 Å². The number of carbonyl (C=O) groups excluding carboxylic acids is 1. The molecule has 0 unspecified atom stereocenters. The number of hydrogen-bond donors (Lipinski definition) is 0. The minimum absolute atomic E-state index is 0.104. The first-order valence-corrected chi connectivity index (χ1v) is 7.17. The molecule has 5 heteroatoms. The number of hydrogen-bond acceptors (Lipinski definition) is 4. The van der Waals surface area contributed by atoms with Gasteiger partial charge < -0.3 is 14.0 Å². The second-order valence-electron chi connectivity index (χ2n) is 5.39. The van der Waals surface area contributed by atoms with E-state index in [0.29, 0.717) is 33.7 Å². The molecule has 0 aliphatic carbocycles. The second kappa shape index (κ2) is 4.98. The summed E-state index contributed by atoms with van der Waals surface area (Å²) in [6, 6.07) is 12.7. The Hall–Kier alpha value is -3.08. The molecule has 5 nitrogen and oxygen atoms in total. The van der Waals surface area contributed by atoms with E-state index in [1.54, 1.807) is 29.8 Å². The zero-order valence-corrected chi connectivity index (χ0v) is 12.4. The van der Waals surface area contributed by atoms with Crippen LogP contribution >= 0.6 is 0 Å². The van der Waals surface area contributed by atoms with Gasteiger partial charge in [-0.2, -0.15) is 0 Å². The van der Waals surface area contributed by atoms with Crippen LogP contribution in [0.4, 0.5) is 0 Å². The van der Waals surface area contributed by atoms with Crippen molar-refractivity contribution < 1.29 is 14.3 Å². The SMILES string of the molecule is Cn1c(-c2cc3c(cc2C=O)OCO3)cc2ccccc2c1=O. The van der Waals surface area contributed by atoms with Crippen LogP contribution < -0.4 is 15.0 Å². The van der Waals surface area contributed by atoms with Gasteiger partial charge in [-0.15, -0.1) is 0 Å². The van der Waals surface area contributed by atoms with E-state index in [-0.39, 0.29) is 12.4 Å². The highest BCUT2D eigenvalue weighted by Crippen LogP contribution is 2.38. The Balaban J connectivity index is 2.05. The van der Waals surface area contributed by atoms with E-state index in [1.165, 1.54) is 0 Å². The maximum absolute atomic E-state index is 12.6. The standard InChI is InChI=1S/C18H13NO4/c1-19-15(6-11-4-2-3-5-13(11)18(19)21)14-8-17-16(22-10-23-17)7-12(14)9-20/h2-9H,10H2,1H3. The van der Waals surface area contributed by atoms with E-state index >= 15 is 0 Å². The lowest BCUT2D eigenvalue weighted by atomic mass is 10.0. The summed E-state index contributed by atoms with van der Waals surface area (Å²) >= 11 is 0. The van der Waals surface area contributed by atoms with Gasteiger partial charge in [0.15, 0.2) is 17.8 Å². The van der Waals surface area contributed by atoms with Gasteiger partial charge in [-0.05, 0) is 29.7 Å². The Kier molecular flexibility index (Phi) is 2.94. The molecule has 2 heterocycles. The molecule has 114 valence electrons. The lowest BCUT2D eigenvalue weighted by molar-refractivity contribution is 0.112. The van der Waals surface area contributed by atoms with Crippen molar-refractivity contribution in [3.8, 4) is 22.8 Å². The van der Waals surface area contributed by atoms with Crippen molar-refractivity contribution in [3.05, 3.63) is 58.4 Å². The molecule has 0 spiro atoms. The second-order valence-corrected chi connectivity index (χ2v) is 5.39. The summed E-state index contributed by atoms with van der Waals surface area (Å²) in [6.07, 6.45) is 0.761. The zero-order valence-electron chi connectivity index (χ0n) is 12.4. The number of benzene rings is 2. The summed E-state index contributed by atoms with van der Waals surface area (Å²) < 4.78 is 12.2. The van der Waals surface area contributed by atoms with E-state index in [4.69, 9.17) is 9.47 Å². The van der Waals surface area contributed by atoms with Crippen molar-refractivity contribution in [2.45, 2.75) is 0 Å². The number of carbonyl (C=O) groups is 1. The lowest BCUT2D eigenvalue weighted by Crippen LogP contribution is -2.18. The van der Waals surface area contributed by atoms with Crippen molar-refractivity contribution in [2.24, 2.45) is 7.05 Å². The van der Waals surface area contributed by atoms with Gasteiger partial charge in [-0.1, -0.05) is 18.2 Å². The number of aromatic nitrogens is 1. The molecule has 0 saturated carbocycles. The number of aldehydes is 1. The number of pyridine rings is 1. The predicted octanol–water partition coefficient (Wildman–Crippen LogP) is 2.75. The molecule has 1 aliphatic rings. The molecular formula is C18H13NO4. The number of nitrogens with zero attached hydrogens (tertiary/aromatic N) is 1. The Morgan fingerprint density at radius 2 is 1.83 bits per heavy atom. The van der Waals surface area contributed by atoms with Gasteiger partial charge in [0, 0.05) is 23.6 Å². The van der Waals surface area contributed by atoms with E-state index < -0.39 is 0 Å². The van der Waals surface area contributed by atoms with Crippen LogP contribution in [0, 0.1) is 0 Å². The van der Waals surface area contributed by atoms with E-state index in [0.717, 1.165) is 11.7 Å². The molecule has 0 atom stereocenters. The Morgan fingerprint density at radius 3 is 2.61 bits per heavy atom. The van der Waals surface area contributed by atoms with Crippen molar-refractivity contribution in [1.29, 1.82) is 0 Å². The normalized spacial score (nSPS) is 12.6. The average molecular weight is 307 g/mol. The molecular weight excluding hydrogens is 294 g/mol. The molecule has 0 bridgehead atoms. The molecule has 1 aliphatic heterocycles. The molecule has 2 aromatic carbocycles. The summed E-state index contributed by atoms with van der Waals surface area (Å²) in [7, 11) is 1.70. The first-order chi connectivity index (χ1) is 11.2. The predicted molar refractivity (Wildman–Crippen MR) is 86.1 cm³/mol. The number of ether oxygens (including phenoxy) is 2. The van der Waals surface area contributed by atoms with E-state index in [9.17, 15) is 9.59 Å². The Bertz CT molecular complexity index is 1000. The molecule has 0 amide bonds. The molecule has 3 aromatic rings. The first-order valence-electron chi connectivity index (χ1n) is 7.17. The smallest absolute Gasteiger partial charge is 0.258 e. The van der Waals surface area contributed by atoms with Crippen molar-refractivity contribution in [2.75, 3.05) is 6.79 Å². The third kappa shape index (κ3) is 2.01. The van der Waals surface area contributed by atoms with Crippen molar-refractivity contribution in [1.82, 2.24) is 4.57 Å². The fraction of sp³-hybridized carbons (Fsp3) is 0.111. The summed E-state index contributed by atoms with van der Waals surface area (Å²) in [6.45, 7) is 0.133. The minimum Gasteiger partial charge on any atom is -0.454 e. The van der Waals surface area contributed by atoms with Crippen LogP contribution in [0.5, 0.6) is 11.5 Å². The summed E-state index contributed by atoms with van der Waals surface area (Å²) in [4.78, 5) is 24.1. The molecule has 4 rings (SSSR count). The van der Waals surface area contributed by atoms with Gasteiger partial charge >= 0.3 is 0 Å². The van der Waals surface area contributed by atoms with Crippen molar-refractivity contribution in [3.63, 3.8) is 0 Å². The van der Waals surface area contributed by atoms with Gasteiger partial charge in [0.25, 0.3) is 5.56 Å². The van der Waals surface area contributed by atoms with Crippen LogP contribution in [0.15, 0.2) is 47.3 Å². The van der Waals surface area contributed by atoms with Gasteiger partial charge in [-0.25, -0.2) is 0 Å². The highest BCUT2D eigenvalue weighted by Gasteiger charge is 2.19. The largest absolute Gasteiger partial charge is 0.454 e. The van der Waals surface area contributed by atoms with Crippen molar-refractivity contribution >= 4 is 17.1 Å². The first kappa shape index (κ1) is 13.6. The third-order valence-corrected chi connectivity index (χ3v) is 4.10. The fourth-order valence-corrected chi connectivity index (χ4v) is 2.89. The van der Waals surface area contributed by atoms with Crippen LogP contribution in [0.2, 0.25) is 0 Å². The molecule has 23 heavy (non-hydrogen) atoms. The Morgan fingerprint density at radius 1 is 1.09 bits per heavy atom. The monoisotopic (exact) mass is 307 g/mol. The third-order valence-electron chi connectivity index (χ3n) is 4.10. The van der Waals surface area contributed by atoms with E-state index in [2.05, 4.69) is 0 Å². The lowest BCUT2D eigenvalue weighted by Gasteiger charge is -2.13. The molecule has 0 fully saturated rings. The summed E-state index contributed by atoms with van der Waals surface area (Å²) in [5.74, 6) is 1.12. The number of fused-ring (bicyclic) bond motifs is 2. The average Bonchev–Trinajstić information content (AvgIpc) is 3.04. The van der Waals surface area contributed by atoms with E-state index in [1.807, 2.05) is 24.3 Å². The van der Waals surface area contributed by atoms with Crippen LogP contribution in [-0.4, -0.2) is 17.6 Å². The highest BCUT2D eigenvalue weighted by atomic mass is 16.7. The summed E-state index contributed by atoms with van der Waals surface area (Å²) in [5.41, 5.74) is 1.66. The minimum atomic E-state index is -0.104. The highest BCUT2D eigenvalue weighted by molar-refractivity contribution is 5.92. The quantitative estimate of drug-likeness (QED) is 0.683. The maximum atomic E-state index is 12.6. The molecule has 1 aromatic heterocycles. The van der Waals surface area contributed by atoms with Gasteiger partial charge in [0.05, 0.1) is 5.69 Å². The maximum Gasteiger partial charge on any atom is 0.258 e. The zero-order chi connectivity index (χ0) is 16.0. The topological polar surface area (TPSA) is 57.5 Å². The van der Waals surface area contributed by atoms with Crippen LogP contribution in [0.1, 0.15) is 10.4 Å². The van der Waals surface area contributed by atoms with Crippen LogP contribution in [0.25, 0.3) is 22.0 Å². The van der Waals surface area contributed by atoms with Gasteiger partial charge in [0.2, 0.25) is 6.79 Å². The van der Waals surface area contributed by atoms with Gasteiger partial charge in [0.1, 0.15) is 0 Å². The number of rotatable bonds is 2. The molecule has 0 N–H and O–H groups in total. The molecule has 0 saturated heterocycles. The Labute approximate surface area is 131 Å². The van der Waals surface area contributed by atoms with Gasteiger partial charge in [-0.3, -0.25) is 9.59 Å². The van der Waals surface area contributed by atoms with Crippen LogP contribution in [-0.2, 0) is 7.05 Å². The fourth-order valence-electron chi connectivity index (χ4n) is 2.89. The molecule has 0 radical (unpaired) electrons.